The molecule has 2 rings (SSSR count). The van der Waals surface area contributed by atoms with Crippen LogP contribution in [0.4, 0.5) is 4.39 Å². The second kappa shape index (κ2) is 3.92. The average molecular weight is 196 g/mol. The highest BCUT2D eigenvalue weighted by Gasteiger charge is 2.21. The number of hydrogen-bond donors (Lipinski definition) is 1. The number of nitrogens with zero attached hydrogens (tertiary/aromatic N) is 1. The third-order valence-electron chi connectivity index (χ3n) is 2.54. The van der Waals surface area contributed by atoms with Gasteiger partial charge in [-0.3, -0.25) is 0 Å². The van der Waals surface area contributed by atoms with E-state index in [9.17, 15) is 4.39 Å². The minimum absolute atomic E-state index is 0.298. The summed E-state index contributed by atoms with van der Waals surface area (Å²) in [6, 6.07) is 1.52. The third-order valence-corrected chi connectivity index (χ3v) is 2.54. The lowest BCUT2D eigenvalue weighted by molar-refractivity contribution is 0.386. The van der Waals surface area contributed by atoms with E-state index in [1.54, 1.807) is 7.11 Å². The van der Waals surface area contributed by atoms with Gasteiger partial charge in [-0.1, -0.05) is 0 Å². The van der Waals surface area contributed by atoms with E-state index in [1.807, 2.05) is 0 Å². The molecule has 2 heterocycles. The number of ether oxygens (including phenoxy) is 1. The Hall–Kier alpha value is -1.16. The SMILES string of the molecule is COc1ncc(F)cc1[C@H]1CCNC1. The monoisotopic (exact) mass is 196 g/mol. The molecule has 1 fully saturated rings. The molecule has 1 saturated heterocycles. The fourth-order valence-corrected chi connectivity index (χ4v) is 1.83. The van der Waals surface area contributed by atoms with Crippen LogP contribution in [0, 0.1) is 5.82 Å². The molecule has 1 aliphatic heterocycles. The van der Waals surface area contributed by atoms with Gasteiger partial charge < -0.3 is 10.1 Å². The van der Waals surface area contributed by atoms with Crippen molar-refractivity contribution < 1.29 is 9.13 Å². The minimum Gasteiger partial charge on any atom is -0.481 e. The number of aromatic nitrogens is 1. The lowest BCUT2D eigenvalue weighted by Gasteiger charge is -2.12. The second-order valence-corrected chi connectivity index (χ2v) is 3.44. The summed E-state index contributed by atoms with van der Waals surface area (Å²) in [6.07, 6.45) is 2.20. The number of methoxy groups -OCH3 is 1. The van der Waals surface area contributed by atoms with Crippen LogP contribution >= 0.6 is 0 Å². The number of hydrogen-bond acceptors (Lipinski definition) is 3. The summed E-state index contributed by atoms with van der Waals surface area (Å²) in [7, 11) is 1.56. The summed E-state index contributed by atoms with van der Waals surface area (Å²) in [6.45, 7) is 1.85. The molecule has 1 N–H and O–H groups in total. The van der Waals surface area contributed by atoms with Gasteiger partial charge in [0.25, 0.3) is 0 Å². The Labute approximate surface area is 82.3 Å². The lowest BCUT2D eigenvalue weighted by atomic mass is 10.00. The number of nitrogens with one attached hydrogen (secondary N) is 1. The van der Waals surface area contributed by atoms with E-state index < -0.39 is 0 Å². The zero-order chi connectivity index (χ0) is 9.97. The fourth-order valence-electron chi connectivity index (χ4n) is 1.83. The van der Waals surface area contributed by atoms with Crippen LogP contribution in [0.3, 0.4) is 0 Å². The molecule has 1 aromatic heterocycles. The molecule has 4 heteroatoms. The van der Waals surface area contributed by atoms with Gasteiger partial charge in [-0.2, -0.15) is 0 Å². The molecule has 76 valence electrons. The van der Waals surface area contributed by atoms with Gasteiger partial charge in [-0.15, -0.1) is 0 Å². The number of halogens is 1. The molecule has 0 spiro atoms. The van der Waals surface area contributed by atoms with Crippen molar-refractivity contribution in [1.82, 2.24) is 10.3 Å². The van der Waals surface area contributed by atoms with Gasteiger partial charge in [0.05, 0.1) is 13.3 Å². The zero-order valence-electron chi connectivity index (χ0n) is 8.09. The van der Waals surface area contributed by atoms with Crippen LogP contribution in [-0.2, 0) is 0 Å². The maximum atomic E-state index is 13.0. The number of pyridine rings is 1. The van der Waals surface area contributed by atoms with Gasteiger partial charge in [0, 0.05) is 18.0 Å². The molecular formula is C10H13FN2O. The zero-order valence-corrected chi connectivity index (χ0v) is 8.09. The molecule has 1 atom stereocenters. The first kappa shape index (κ1) is 9.40. The van der Waals surface area contributed by atoms with Gasteiger partial charge >= 0.3 is 0 Å². The van der Waals surface area contributed by atoms with Crippen molar-refractivity contribution in [2.75, 3.05) is 20.2 Å². The maximum Gasteiger partial charge on any atom is 0.216 e. The van der Waals surface area contributed by atoms with Crippen molar-refractivity contribution >= 4 is 0 Å². The first-order valence-corrected chi connectivity index (χ1v) is 4.71. The van der Waals surface area contributed by atoms with E-state index in [4.69, 9.17) is 4.74 Å². The summed E-state index contributed by atoms with van der Waals surface area (Å²) in [4.78, 5) is 3.92. The van der Waals surface area contributed by atoms with Crippen molar-refractivity contribution in [3.05, 3.63) is 23.6 Å². The van der Waals surface area contributed by atoms with E-state index in [0.29, 0.717) is 11.8 Å². The summed E-state index contributed by atoms with van der Waals surface area (Å²) >= 11 is 0. The Morgan fingerprint density at radius 3 is 3.14 bits per heavy atom. The molecule has 0 bridgehead atoms. The van der Waals surface area contributed by atoms with E-state index in [2.05, 4.69) is 10.3 Å². The topological polar surface area (TPSA) is 34.1 Å². The quantitative estimate of drug-likeness (QED) is 0.774. The average Bonchev–Trinajstić information content (AvgIpc) is 2.70. The van der Waals surface area contributed by atoms with Gasteiger partial charge in [0.2, 0.25) is 5.88 Å². The van der Waals surface area contributed by atoms with Crippen molar-refractivity contribution in [2.24, 2.45) is 0 Å². The Morgan fingerprint density at radius 1 is 1.64 bits per heavy atom. The van der Waals surface area contributed by atoms with Gasteiger partial charge in [-0.05, 0) is 19.0 Å². The van der Waals surface area contributed by atoms with E-state index in [0.717, 1.165) is 25.1 Å². The fraction of sp³-hybridized carbons (Fsp3) is 0.500. The summed E-state index contributed by atoms with van der Waals surface area (Å²) in [5.74, 6) is 0.570. The predicted molar refractivity (Wildman–Crippen MR) is 51.0 cm³/mol. The molecule has 0 saturated carbocycles. The summed E-state index contributed by atoms with van der Waals surface area (Å²) in [5.41, 5.74) is 0.873. The highest BCUT2D eigenvalue weighted by molar-refractivity contribution is 5.31. The summed E-state index contributed by atoms with van der Waals surface area (Å²) in [5, 5.41) is 3.24. The summed E-state index contributed by atoms with van der Waals surface area (Å²) < 4.78 is 18.1. The molecular weight excluding hydrogens is 183 g/mol. The Balaban J connectivity index is 2.33. The largest absolute Gasteiger partial charge is 0.481 e. The van der Waals surface area contributed by atoms with Crippen molar-refractivity contribution in [1.29, 1.82) is 0 Å². The predicted octanol–water partition coefficient (Wildman–Crippen LogP) is 1.31. The van der Waals surface area contributed by atoms with Gasteiger partial charge in [0.15, 0.2) is 0 Å². The van der Waals surface area contributed by atoms with Crippen LogP contribution in [0.2, 0.25) is 0 Å². The van der Waals surface area contributed by atoms with Crippen molar-refractivity contribution in [3.8, 4) is 5.88 Å². The Kier molecular flexibility index (Phi) is 2.63. The molecule has 0 radical (unpaired) electrons. The van der Waals surface area contributed by atoms with Crippen LogP contribution in [0.1, 0.15) is 17.9 Å². The van der Waals surface area contributed by atoms with Gasteiger partial charge in [0.1, 0.15) is 5.82 Å². The van der Waals surface area contributed by atoms with Crippen LogP contribution in [-0.4, -0.2) is 25.2 Å². The molecule has 14 heavy (non-hydrogen) atoms. The Bertz CT molecular complexity index is 324. The smallest absolute Gasteiger partial charge is 0.216 e. The van der Waals surface area contributed by atoms with Crippen LogP contribution in [0.25, 0.3) is 0 Å². The standard InChI is InChI=1S/C10H13FN2O/c1-14-10-9(4-8(11)6-13-10)7-2-3-12-5-7/h4,6-7,12H,2-3,5H2,1H3/t7-/m0/s1. The molecule has 1 aromatic rings. The van der Waals surface area contributed by atoms with Crippen LogP contribution in [0.5, 0.6) is 5.88 Å². The first-order chi connectivity index (χ1) is 6.81. The van der Waals surface area contributed by atoms with E-state index in [-0.39, 0.29) is 5.82 Å². The Morgan fingerprint density at radius 2 is 2.50 bits per heavy atom. The highest BCUT2D eigenvalue weighted by Crippen LogP contribution is 2.29. The molecule has 1 aliphatic rings. The lowest BCUT2D eigenvalue weighted by Crippen LogP contribution is -2.09. The van der Waals surface area contributed by atoms with Gasteiger partial charge in [-0.25, -0.2) is 9.37 Å². The highest BCUT2D eigenvalue weighted by atomic mass is 19.1. The van der Waals surface area contributed by atoms with E-state index >= 15 is 0 Å². The normalized spacial score (nSPS) is 21.1. The number of rotatable bonds is 2. The van der Waals surface area contributed by atoms with Crippen molar-refractivity contribution in [2.45, 2.75) is 12.3 Å². The maximum absolute atomic E-state index is 13.0. The molecule has 0 aliphatic carbocycles. The van der Waals surface area contributed by atoms with Crippen LogP contribution in [0.15, 0.2) is 12.3 Å². The third kappa shape index (κ3) is 1.70. The van der Waals surface area contributed by atoms with Crippen molar-refractivity contribution in [3.63, 3.8) is 0 Å². The molecule has 0 unspecified atom stereocenters. The molecule has 3 nitrogen and oxygen atoms in total. The molecule has 0 amide bonds. The molecule has 0 aromatic carbocycles. The first-order valence-electron chi connectivity index (χ1n) is 4.71. The van der Waals surface area contributed by atoms with Crippen LogP contribution < -0.4 is 10.1 Å². The van der Waals surface area contributed by atoms with E-state index in [1.165, 1.54) is 12.3 Å². The minimum atomic E-state index is -0.298. The second-order valence-electron chi connectivity index (χ2n) is 3.44.